The summed E-state index contributed by atoms with van der Waals surface area (Å²) in [5, 5.41) is 9.71. The second-order valence-electron chi connectivity index (χ2n) is 12.1. The summed E-state index contributed by atoms with van der Waals surface area (Å²) in [5.74, 6) is 0. The highest BCUT2D eigenvalue weighted by Crippen LogP contribution is 2.42. The molecule has 0 fully saturated rings. The molecule has 2 heterocycles. The van der Waals surface area contributed by atoms with Crippen LogP contribution in [0.4, 0.5) is 0 Å². The zero-order valence-corrected chi connectivity index (χ0v) is 24.9. The van der Waals surface area contributed by atoms with E-state index in [1.165, 1.54) is 65.6 Å². The average Bonchev–Trinajstić information content (AvgIpc) is 3.64. The van der Waals surface area contributed by atoms with Crippen LogP contribution >= 0.6 is 0 Å². The summed E-state index contributed by atoms with van der Waals surface area (Å²) in [6.07, 6.45) is 0. The van der Waals surface area contributed by atoms with Gasteiger partial charge in [-0.25, -0.2) is 0 Å². The molecular weight excluding hydrogens is 558 g/mol. The summed E-state index contributed by atoms with van der Waals surface area (Å²) >= 11 is 0. The molecule has 0 radical (unpaired) electrons. The highest BCUT2D eigenvalue weighted by molar-refractivity contribution is 6.18. The Morgan fingerprint density at radius 3 is 1.87 bits per heavy atom. The number of para-hydroxylation sites is 2. The van der Waals surface area contributed by atoms with E-state index in [1.54, 1.807) is 0 Å². The van der Waals surface area contributed by atoms with Gasteiger partial charge in [-0.1, -0.05) is 127 Å². The van der Waals surface area contributed by atoms with Crippen molar-refractivity contribution in [2.24, 2.45) is 0 Å². The van der Waals surface area contributed by atoms with E-state index in [1.807, 2.05) is 12.1 Å². The number of hydrogen-bond donors (Lipinski definition) is 0. The summed E-state index contributed by atoms with van der Waals surface area (Å²) in [6.45, 7) is 0. The van der Waals surface area contributed by atoms with Crippen LogP contribution < -0.4 is 0 Å². The Hall–Kier alpha value is -6.12. The average molecular weight is 586 g/mol. The van der Waals surface area contributed by atoms with Crippen LogP contribution in [0.2, 0.25) is 0 Å². The summed E-state index contributed by atoms with van der Waals surface area (Å²) in [7, 11) is 0. The molecule has 0 N–H and O–H groups in total. The lowest BCUT2D eigenvalue weighted by atomic mass is 9.90. The molecule has 0 atom stereocenters. The molecule has 0 aliphatic carbocycles. The van der Waals surface area contributed by atoms with Gasteiger partial charge in [-0.15, -0.1) is 0 Å². The lowest BCUT2D eigenvalue weighted by Crippen LogP contribution is -1.93. The zero-order valence-electron chi connectivity index (χ0n) is 24.9. The van der Waals surface area contributed by atoms with Crippen molar-refractivity contribution >= 4 is 65.3 Å². The molecule has 0 amide bonds. The molecule has 0 saturated heterocycles. The van der Waals surface area contributed by atoms with Crippen molar-refractivity contribution in [1.29, 1.82) is 0 Å². The minimum Gasteiger partial charge on any atom is -0.456 e. The van der Waals surface area contributed by atoms with Gasteiger partial charge < -0.3 is 8.98 Å². The minimum atomic E-state index is 0.917. The number of benzene rings is 8. The van der Waals surface area contributed by atoms with E-state index in [0.717, 1.165) is 27.6 Å². The number of furan rings is 1. The van der Waals surface area contributed by atoms with Crippen LogP contribution in [0, 0.1) is 0 Å². The smallest absolute Gasteiger partial charge is 0.136 e. The molecule has 0 aliphatic heterocycles. The van der Waals surface area contributed by atoms with Crippen molar-refractivity contribution in [2.45, 2.75) is 0 Å². The van der Waals surface area contributed by atoms with Crippen LogP contribution in [0.3, 0.4) is 0 Å². The Labute approximate surface area is 265 Å². The maximum atomic E-state index is 6.33. The quantitative estimate of drug-likeness (QED) is 0.202. The van der Waals surface area contributed by atoms with Crippen LogP contribution in [0.15, 0.2) is 168 Å². The fraction of sp³-hybridized carbons (Fsp3) is 0. The number of fused-ring (bicyclic) bond motifs is 8. The second kappa shape index (κ2) is 9.69. The highest BCUT2D eigenvalue weighted by atomic mass is 16.3. The van der Waals surface area contributed by atoms with E-state index in [2.05, 4.69) is 156 Å². The van der Waals surface area contributed by atoms with Gasteiger partial charge in [0.15, 0.2) is 0 Å². The van der Waals surface area contributed by atoms with E-state index >= 15 is 0 Å². The van der Waals surface area contributed by atoms with Crippen LogP contribution in [-0.4, -0.2) is 4.57 Å². The largest absolute Gasteiger partial charge is 0.456 e. The van der Waals surface area contributed by atoms with E-state index < -0.39 is 0 Å². The Morgan fingerprint density at radius 2 is 1.00 bits per heavy atom. The molecular formula is C44H27NO. The molecule has 8 aromatic carbocycles. The number of nitrogens with zero attached hydrogens (tertiary/aromatic N) is 1. The first-order valence-electron chi connectivity index (χ1n) is 15.8. The predicted octanol–water partition coefficient (Wildman–Crippen LogP) is 12.3. The standard InChI is InChI=1S/C44H27NO/c1-2-13-30(14-3-1)45-41-25-29(21-22-37(41)39-27-44-40(26-42(39)45)38-18-8-9-20-43(38)46-44)32-23-24-36(35-17-7-6-16-33(32)35)34-19-10-12-28-11-4-5-15-31(28)34/h1-27H. The van der Waals surface area contributed by atoms with Crippen molar-refractivity contribution in [3.8, 4) is 27.9 Å². The Morgan fingerprint density at radius 1 is 0.348 bits per heavy atom. The van der Waals surface area contributed by atoms with Crippen LogP contribution in [0.1, 0.15) is 0 Å². The lowest BCUT2D eigenvalue weighted by Gasteiger charge is -2.14. The van der Waals surface area contributed by atoms with Gasteiger partial charge in [0.1, 0.15) is 11.2 Å². The summed E-state index contributed by atoms with van der Waals surface area (Å²) in [5.41, 5.74) is 10.3. The molecule has 0 saturated carbocycles. The fourth-order valence-corrected chi connectivity index (χ4v) is 7.50. The monoisotopic (exact) mass is 585 g/mol. The van der Waals surface area contributed by atoms with Gasteiger partial charge in [-0.05, 0) is 80.2 Å². The van der Waals surface area contributed by atoms with Crippen molar-refractivity contribution in [3.63, 3.8) is 0 Å². The number of rotatable bonds is 3. The van der Waals surface area contributed by atoms with Crippen LogP contribution in [-0.2, 0) is 0 Å². The summed E-state index contributed by atoms with van der Waals surface area (Å²) < 4.78 is 8.74. The summed E-state index contributed by atoms with van der Waals surface area (Å²) in [6, 6.07) is 59.1. The number of aromatic nitrogens is 1. The SMILES string of the molecule is c1ccc(-n2c3cc(-c4ccc(-c5cccc6ccccc56)c5ccccc45)ccc3c3cc4oc5ccccc5c4cc32)cc1. The van der Waals surface area contributed by atoms with Crippen LogP contribution in [0.5, 0.6) is 0 Å². The van der Waals surface area contributed by atoms with Crippen molar-refractivity contribution in [2.75, 3.05) is 0 Å². The highest BCUT2D eigenvalue weighted by Gasteiger charge is 2.18. The van der Waals surface area contributed by atoms with Gasteiger partial charge in [0, 0.05) is 27.2 Å². The van der Waals surface area contributed by atoms with Gasteiger partial charge in [0.05, 0.1) is 11.0 Å². The predicted molar refractivity (Wildman–Crippen MR) is 194 cm³/mol. The zero-order chi connectivity index (χ0) is 30.2. The molecule has 0 bridgehead atoms. The van der Waals surface area contributed by atoms with Crippen molar-refractivity contribution in [3.05, 3.63) is 164 Å². The van der Waals surface area contributed by atoms with Gasteiger partial charge in [-0.2, -0.15) is 0 Å². The molecule has 10 aromatic rings. The molecule has 0 spiro atoms. The van der Waals surface area contributed by atoms with Crippen LogP contribution in [0.25, 0.3) is 93.2 Å². The molecule has 2 heteroatoms. The maximum absolute atomic E-state index is 6.33. The third kappa shape index (κ3) is 3.65. The first-order valence-corrected chi connectivity index (χ1v) is 15.8. The van der Waals surface area contributed by atoms with Crippen molar-refractivity contribution < 1.29 is 4.42 Å². The Bertz CT molecular complexity index is 2790. The molecule has 10 rings (SSSR count). The molecule has 0 aliphatic rings. The maximum Gasteiger partial charge on any atom is 0.136 e. The molecule has 46 heavy (non-hydrogen) atoms. The second-order valence-corrected chi connectivity index (χ2v) is 12.1. The first kappa shape index (κ1) is 25.2. The number of hydrogen-bond acceptors (Lipinski definition) is 1. The van der Waals surface area contributed by atoms with Gasteiger partial charge in [0.25, 0.3) is 0 Å². The molecule has 2 nitrogen and oxygen atoms in total. The first-order chi connectivity index (χ1) is 22.8. The van der Waals surface area contributed by atoms with E-state index in [-0.39, 0.29) is 0 Å². The molecule has 0 unspecified atom stereocenters. The van der Waals surface area contributed by atoms with E-state index in [4.69, 9.17) is 4.42 Å². The Kier molecular flexibility index (Phi) is 5.31. The lowest BCUT2D eigenvalue weighted by molar-refractivity contribution is 0.669. The fourth-order valence-electron chi connectivity index (χ4n) is 7.50. The molecule has 2 aromatic heterocycles. The van der Waals surface area contributed by atoms with Gasteiger partial charge >= 0.3 is 0 Å². The normalized spacial score (nSPS) is 11.9. The van der Waals surface area contributed by atoms with E-state index in [9.17, 15) is 0 Å². The summed E-state index contributed by atoms with van der Waals surface area (Å²) in [4.78, 5) is 0. The van der Waals surface area contributed by atoms with Crippen molar-refractivity contribution in [1.82, 2.24) is 4.57 Å². The van der Waals surface area contributed by atoms with Gasteiger partial charge in [-0.3, -0.25) is 0 Å². The topological polar surface area (TPSA) is 18.1 Å². The van der Waals surface area contributed by atoms with E-state index in [0.29, 0.717) is 0 Å². The Balaban J connectivity index is 1.24. The minimum absolute atomic E-state index is 0.917. The third-order valence-corrected chi connectivity index (χ3v) is 9.59. The van der Waals surface area contributed by atoms with Gasteiger partial charge in [0.2, 0.25) is 0 Å². The third-order valence-electron chi connectivity index (χ3n) is 9.59. The molecule has 214 valence electrons.